The van der Waals surface area contributed by atoms with Crippen LogP contribution in [0.2, 0.25) is 0 Å². The summed E-state index contributed by atoms with van der Waals surface area (Å²) >= 11 is 0. The number of hydrogen-bond donors (Lipinski definition) is 1. The summed E-state index contributed by atoms with van der Waals surface area (Å²) in [6.07, 6.45) is 6.31. The molecule has 1 aliphatic heterocycles. The molecule has 0 saturated carbocycles. The summed E-state index contributed by atoms with van der Waals surface area (Å²) in [7, 11) is 0. The molecule has 0 spiro atoms. The lowest BCUT2D eigenvalue weighted by atomic mass is 10.0. The van der Waals surface area contributed by atoms with Gasteiger partial charge in [0, 0.05) is 37.1 Å². The summed E-state index contributed by atoms with van der Waals surface area (Å²) < 4.78 is 1.43. The Morgan fingerprint density at radius 1 is 1.23 bits per heavy atom. The van der Waals surface area contributed by atoms with Gasteiger partial charge in [0.05, 0.1) is 6.54 Å². The highest BCUT2D eigenvalue weighted by molar-refractivity contribution is 5.95. The van der Waals surface area contributed by atoms with E-state index in [1.807, 2.05) is 18.2 Å². The Hall–Kier alpha value is -2.47. The van der Waals surface area contributed by atoms with Gasteiger partial charge in [0.25, 0.3) is 5.56 Å². The van der Waals surface area contributed by atoms with Crippen molar-refractivity contribution in [2.45, 2.75) is 38.8 Å². The fourth-order valence-electron chi connectivity index (χ4n) is 3.35. The molecule has 1 saturated heterocycles. The van der Waals surface area contributed by atoms with Gasteiger partial charge >= 0.3 is 0 Å². The zero-order valence-corrected chi connectivity index (χ0v) is 15.2. The third-order valence-electron chi connectivity index (χ3n) is 4.79. The van der Waals surface area contributed by atoms with Crippen LogP contribution in [-0.4, -0.2) is 45.9 Å². The smallest absolute Gasteiger partial charge is 0.293 e. The van der Waals surface area contributed by atoms with E-state index in [1.54, 1.807) is 24.5 Å². The quantitative estimate of drug-likeness (QED) is 0.774. The molecule has 6 nitrogen and oxygen atoms in total. The van der Waals surface area contributed by atoms with E-state index in [2.05, 4.69) is 22.1 Å². The number of Topliss-reactive ketones (excluding diaryl/α,β-unsaturated/α-hetero) is 1. The second-order valence-electron chi connectivity index (χ2n) is 6.76. The predicted octanol–water partition coefficient (Wildman–Crippen LogP) is 2.41. The molecule has 0 bridgehead atoms. The van der Waals surface area contributed by atoms with Gasteiger partial charge in [-0.1, -0.05) is 37.3 Å². The molecule has 0 radical (unpaired) electrons. The Labute approximate surface area is 153 Å². The maximum atomic E-state index is 12.7. The minimum Gasteiger partial charge on any atom is -0.363 e. The van der Waals surface area contributed by atoms with Crippen molar-refractivity contribution in [1.29, 1.82) is 0 Å². The molecule has 0 aliphatic carbocycles. The maximum absolute atomic E-state index is 12.7. The molecule has 1 aromatic carbocycles. The van der Waals surface area contributed by atoms with Crippen LogP contribution in [-0.2, 0) is 6.54 Å². The van der Waals surface area contributed by atoms with Crippen molar-refractivity contribution in [1.82, 2.24) is 14.5 Å². The van der Waals surface area contributed by atoms with Crippen LogP contribution in [0.1, 0.15) is 36.5 Å². The van der Waals surface area contributed by atoms with E-state index < -0.39 is 0 Å². The minimum atomic E-state index is -0.243. The number of rotatable bonds is 7. The Kier molecular flexibility index (Phi) is 6.17. The molecule has 0 atom stereocenters. The van der Waals surface area contributed by atoms with Crippen LogP contribution in [0, 0.1) is 0 Å². The van der Waals surface area contributed by atoms with Crippen LogP contribution in [0.4, 0.5) is 5.82 Å². The lowest BCUT2D eigenvalue weighted by molar-refractivity contribution is 0.0971. The van der Waals surface area contributed by atoms with Gasteiger partial charge in [0.1, 0.15) is 0 Å². The molecule has 2 aromatic rings. The first-order chi connectivity index (χ1) is 12.7. The van der Waals surface area contributed by atoms with Crippen molar-refractivity contribution in [2.75, 3.05) is 25.0 Å². The van der Waals surface area contributed by atoms with Crippen molar-refractivity contribution in [3.05, 3.63) is 58.6 Å². The lowest BCUT2D eigenvalue weighted by Gasteiger charge is -2.32. The molecule has 1 fully saturated rings. The van der Waals surface area contributed by atoms with E-state index in [-0.39, 0.29) is 23.9 Å². The summed E-state index contributed by atoms with van der Waals surface area (Å²) in [4.78, 5) is 31.7. The average Bonchev–Trinajstić information content (AvgIpc) is 2.67. The second-order valence-corrected chi connectivity index (χ2v) is 6.76. The third kappa shape index (κ3) is 4.58. The summed E-state index contributed by atoms with van der Waals surface area (Å²) in [6, 6.07) is 9.28. The number of carbonyl (C=O) groups is 1. The number of aromatic nitrogens is 2. The summed E-state index contributed by atoms with van der Waals surface area (Å²) in [5.41, 5.74) is 0.363. The van der Waals surface area contributed by atoms with Gasteiger partial charge in [-0.15, -0.1) is 0 Å². The van der Waals surface area contributed by atoms with Crippen molar-refractivity contribution in [3.63, 3.8) is 0 Å². The first-order valence-corrected chi connectivity index (χ1v) is 9.30. The number of likely N-dealkylation sites (tertiary alicyclic amines) is 1. The van der Waals surface area contributed by atoms with Crippen LogP contribution in [0.3, 0.4) is 0 Å². The predicted molar refractivity (Wildman–Crippen MR) is 103 cm³/mol. The number of ketones is 1. The van der Waals surface area contributed by atoms with Crippen LogP contribution in [0.25, 0.3) is 0 Å². The highest BCUT2D eigenvalue weighted by Gasteiger charge is 2.20. The second kappa shape index (κ2) is 8.76. The zero-order valence-electron chi connectivity index (χ0n) is 15.2. The molecular formula is C20H26N4O2. The Balaban J connectivity index is 1.64. The third-order valence-corrected chi connectivity index (χ3v) is 4.79. The largest absolute Gasteiger partial charge is 0.363 e. The Bertz CT molecular complexity index is 780. The number of benzene rings is 1. The van der Waals surface area contributed by atoms with Crippen molar-refractivity contribution < 1.29 is 4.79 Å². The number of piperidine rings is 1. The van der Waals surface area contributed by atoms with E-state index in [4.69, 9.17) is 0 Å². The fraction of sp³-hybridized carbons (Fsp3) is 0.450. The summed E-state index contributed by atoms with van der Waals surface area (Å²) in [5, 5.41) is 3.28. The van der Waals surface area contributed by atoms with Gasteiger partial charge in [0.15, 0.2) is 11.6 Å². The molecule has 0 unspecified atom stereocenters. The van der Waals surface area contributed by atoms with Gasteiger partial charge in [-0.05, 0) is 25.8 Å². The molecule has 1 aromatic heterocycles. The van der Waals surface area contributed by atoms with E-state index in [1.165, 1.54) is 11.0 Å². The normalized spacial score (nSPS) is 15.7. The van der Waals surface area contributed by atoms with Crippen molar-refractivity contribution in [2.24, 2.45) is 0 Å². The highest BCUT2D eigenvalue weighted by Crippen LogP contribution is 2.13. The van der Waals surface area contributed by atoms with Gasteiger partial charge in [-0.2, -0.15) is 0 Å². The number of anilines is 1. The van der Waals surface area contributed by atoms with Gasteiger partial charge in [-0.3, -0.25) is 9.59 Å². The van der Waals surface area contributed by atoms with Crippen LogP contribution < -0.4 is 10.9 Å². The molecule has 1 aliphatic rings. The summed E-state index contributed by atoms with van der Waals surface area (Å²) in [6.45, 7) is 5.43. The van der Waals surface area contributed by atoms with Crippen molar-refractivity contribution in [3.8, 4) is 0 Å². The molecule has 1 N–H and O–H groups in total. The van der Waals surface area contributed by atoms with E-state index in [0.29, 0.717) is 11.4 Å². The van der Waals surface area contributed by atoms with E-state index >= 15 is 0 Å². The van der Waals surface area contributed by atoms with Crippen LogP contribution in [0.15, 0.2) is 47.5 Å². The first-order valence-electron chi connectivity index (χ1n) is 9.30. The number of hydrogen-bond acceptors (Lipinski definition) is 5. The number of nitrogens with zero attached hydrogens (tertiary/aromatic N) is 3. The van der Waals surface area contributed by atoms with Gasteiger partial charge < -0.3 is 14.8 Å². The monoisotopic (exact) mass is 354 g/mol. The fourth-order valence-corrected chi connectivity index (χ4v) is 3.35. The van der Waals surface area contributed by atoms with E-state index in [9.17, 15) is 9.59 Å². The molecular weight excluding hydrogens is 328 g/mol. The highest BCUT2D eigenvalue weighted by atomic mass is 16.1. The van der Waals surface area contributed by atoms with Crippen LogP contribution in [0.5, 0.6) is 0 Å². The molecule has 2 heterocycles. The topological polar surface area (TPSA) is 67.2 Å². The maximum Gasteiger partial charge on any atom is 0.293 e. The standard InChI is InChI=1S/C20H26N4O2/c1-2-11-23-12-8-17(9-13-23)22-19-20(26)24(14-10-21-19)15-18(25)16-6-4-3-5-7-16/h3-7,10,14,17H,2,8-9,11-13,15H2,1H3,(H,21,22). The SMILES string of the molecule is CCCN1CCC(Nc2nccn(CC(=O)c3ccccc3)c2=O)CC1. The molecule has 6 heteroatoms. The lowest BCUT2D eigenvalue weighted by Crippen LogP contribution is -2.40. The van der Waals surface area contributed by atoms with Crippen LogP contribution >= 0.6 is 0 Å². The molecule has 26 heavy (non-hydrogen) atoms. The van der Waals surface area contributed by atoms with E-state index in [0.717, 1.165) is 32.5 Å². The Morgan fingerprint density at radius 2 is 1.96 bits per heavy atom. The number of nitrogens with one attached hydrogen (secondary N) is 1. The van der Waals surface area contributed by atoms with Gasteiger partial charge in [-0.25, -0.2) is 4.98 Å². The zero-order chi connectivity index (χ0) is 18.4. The first kappa shape index (κ1) is 18.3. The molecule has 138 valence electrons. The minimum absolute atomic E-state index is 0.0228. The van der Waals surface area contributed by atoms with Gasteiger partial charge in [0.2, 0.25) is 0 Å². The average molecular weight is 354 g/mol. The molecule has 0 amide bonds. The van der Waals surface area contributed by atoms with Crippen molar-refractivity contribution >= 4 is 11.6 Å². The summed E-state index contributed by atoms with van der Waals surface area (Å²) in [5.74, 6) is 0.250. The number of carbonyl (C=O) groups excluding carboxylic acids is 1. The molecule has 3 rings (SSSR count). The Morgan fingerprint density at radius 3 is 2.65 bits per heavy atom.